The van der Waals surface area contributed by atoms with Gasteiger partial charge in [0.05, 0.1) is 18.7 Å². The number of rotatable bonds is 15. The Balaban J connectivity index is 2.34. The van der Waals surface area contributed by atoms with Gasteiger partial charge < -0.3 is 19.1 Å². The fourth-order valence-electron chi connectivity index (χ4n) is 3.58. The van der Waals surface area contributed by atoms with E-state index in [1.165, 1.54) is 12.8 Å². The molecule has 0 bridgehead atoms. The molecule has 1 aromatic carbocycles. The predicted molar refractivity (Wildman–Crippen MR) is 124 cm³/mol. The number of hydrogen-bond acceptors (Lipinski definition) is 4. The van der Waals surface area contributed by atoms with Crippen molar-refractivity contribution >= 4 is 10.9 Å². The van der Waals surface area contributed by atoms with Crippen LogP contribution in [0.25, 0.3) is 10.9 Å². The van der Waals surface area contributed by atoms with Gasteiger partial charge in [0.25, 0.3) is 5.56 Å². The highest BCUT2D eigenvalue weighted by Crippen LogP contribution is 2.34. The number of aromatic hydroxyl groups is 1. The largest absolute Gasteiger partial charge is 0.500 e. The van der Waals surface area contributed by atoms with Crippen LogP contribution in [0.2, 0.25) is 0 Å². The smallest absolute Gasteiger partial charge is 0.297 e. The van der Waals surface area contributed by atoms with Gasteiger partial charge in [-0.25, -0.2) is 0 Å². The lowest BCUT2D eigenvalue weighted by molar-refractivity contribution is 0.293. The summed E-state index contributed by atoms with van der Waals surface area (Å²) in [5, 5.41) is 11.3. The first-order chi connectivity index (χ1) is 14.6. The average Bonchev–Trinajstić information content (AvgIpc) is 2.75. The van der Waals surface area contributed by atoms with Gasteiger partial charge >= 0.3 is 0 Å². The molecule has 1 N–H and O–H groups in total. The Kier molecular flexibility index (Phi) is 10.6. The molecule has 0 spiro atoms. The lowest BCUT2D eigenvalue weighted by Gasteiger charge is -2.17. The van der Waals surface area contributed by atoms with Crippen LogP contribution in [0.1, 0.15) is 85.0 Å². The molecule has 0 aliphatic heterocycles. The number of ether oxygens (including phenoxy) is 2. The van der Waals surface area contributed by atoms with Crippen LogP contribution in [0.4, 0.5) is 0 Å². The summed E-state index contributed by atoms with van der Waals surface area (Å²) in [6.07, 6.45) is 10.7. The van der Waals surface area contributed by atoms with Crippen LogP contribution in [0.3, 0.4) is 0 Å². The predicted octanol–water partition coefficient (Wildman–Crippen LogP) is 6.43. The maximum atomic E-state index is 12.9. The Labute approximate surface area is 181 Å². The second-order valence-electron chi connectivity index (χ2n) is 7.99. The zero-order valence-corrected chi connectivity index (χ0v) is 19.0. The van der Waals surface area contributed by atoms with Crippen LogP contribution in [0, 0.1) is 0 Å². The maximum Gasteiger partial charge on any atom is 0.297 e. The van der Waals surface area contributed by atoms with Crippen molar-refractivity contribution in [3.05, 3.63) is 28.6 Å². The third-order valence-electron chi connectivity index (χ3n) is 5.41. The van der Waals surface area contributed by atoms with E-state index in [0.29, 0.717) is 25.5 Å². The highest BCUT2D eigenvalue weighted by atomic mass is 16.5. The third kappa shape index (κ3) is 6.68. The Morgan fingerprint density at radius 1 is 0.833 bits per heavy atom. The summed E-state index contributed by atoms with van der Waals surface area (Å²) in [5.41, 5.74) is 0.387. The molecule has 0 amide bonds. The molecule has 168 valence electrons. The molecule has 5 heteroatoms. The SMILES string of the molecule is CCCCCCOc1ccc2c(OCCCC)c(O)c(=O)n(CCCCCC)c2c1. The summed E-state index contributed by atoms with van der Waals surface area (Å²) in [6, 6.07) is 5.72. The normalized spacial score (nSPS) is 11.2. The van der Waals surface area contributed by atoms with Crippen LogP contribution >= 0.6 is 0 Å². The topological polar surface area (TPSA) is 60.7 Å². The molecule has 0 atom stereocenters. The molecule has 5 nitrogen and oxygen atoms in total. The molecule has 0 unspecified atom stereocenters. The number of unbranched alkanes of at least 4 members (excludes halogenated alkanes) is 7. The van der Waals surface area contributed by atoms with Gasteiger partial charge in [-0.1, -0.05) is 65.7 Å². The number of fused-ring (bicyclic) bond motifs is 1. The number of hydrogen-bond donors (Lipinski definition) is 1. The van der Waals surface area contributed by atoms with Gasteiger partial charge in [-0.05, 0) is 31.4 Å². The highest BCUT2D eigenvalue weighted by Gasteiger charge is 2.18. The molecular weight excluding hydrogens is 378 g/mol. The standard InChI is InChI=1S/C25H39NO4/c1-4-7-10-12-16-26-22-19-20(29-18-13-11-8-5-2)14-15-21(22)24(23(27)25(26)28)30-17-9-6-3/h14-15,19,27H,4-13,16-18H2,1-3H3. The average molecular weight is 418 g/mol. The van der Waals surface area contributed by atoms with Gasteiger partial charge in [0.15, 0.2) is 5.75 Å². The summed E-state index contributed by atoms with van der Waals surface area (Å²) in [7, 11) is 0. The zero-order valence-electron chi connectivity index (χ0n) is 19.0. The van der Waals surface area contributed by atoms with E-state index in [9.17, 15) is 9.90 Å². The summed E-state index contributed by atoms with van der Waals surface area (Å²) in [6.45, 7) is 8.18. The number of nitrogens with zero attached hydrogens (tertiary/aromatic N) is 1. The van der Waals surface area contributed by atoms with E-state index in [0.717, 1.165) is 68.0 Å². The zero-order chi connectivity index (χ0) is 21.8. The second-order valence-corrected chi connectivity index (χ2v) is 7.99. The lowest BCUT2D eigenvalue weighted by Crippen LogP contribution is -2.21. The van der Waals surface area contributed by atoms with Gasteiger partial charge in [-0.2, -0.15) is 0 Å². The summed E-state index contributed by atoms with van der Waals surface area (Å²) >= 11 is 0. The molecule has 2 rings (SSSR count). The van der Waals surface area contributed by atoms with E-state index in [-0.39, 0.29) is 11.3 Å². The number of benzene rings is 1. The first-order valence-electron chi connectivity index (χ1n) is 11.8. The number of pyridine rings is 1. The van der Waals surface area contributed by atoms with Crippen molar-refractivity contribution in [2.24, 2.45) is 0 Å². The summed E-state index contributed by atoms with van der Waals surface area (Å²) in [4.78, 5) is 12.9. The van der Waals surface area contributed by atoms with Crippen molar-refractivity contribution < 1.29 is 14.6 Å². The van der Waals surface area contributed by atoms with Gasteiger partial charge in [0.2, 0.25) is 5.75 Å². The minimum Gasteiger partial charge on any atom is -0.500 e. The molecule has 1 heterocycles. The van der Waals surface area contributed by atoms with Crippen molar-refractivity contribution in [3.63, 3.8) is 0 Å². The summed E-state index contributed by atoms with van der Waals surface area (Å²) < 4.78 is 13.5. The Hall–Kier alpha value is -2.17. The van der Waals surface area contributed by atoms with Crippen molar-refractivity contribution in [2.75, 3.05) is 13.2 Å². The van der Waals surface area contributed by atoms with E-state index in [2.05, 4.69) is 20.8 Å². The molecular formula is C25H39NO4. The monoisotopic (exact) mass is 417 g/mol. The quantitative estimate of drug-likeness (QED) is 0.339. The Bertz CT molecular complexity index is 828. The van der Waals surface area contributed by atoms with Gasteiger partial charge in [0.1, 0.15) is 5.75 Å². The lowest BCUT2D eigenvalue weighted by atomic mass is 10.1. The van der Waals surface area contributed by atoms with Crippen LogP contribution < -0.4 is 15.0 Å². The molecule has 2 aromatic rings. The van der Waals surface area contributed by atoms with Crippen molar-refractivity contribution in [3.8, 4) is 17.2 Å². The van der Waals surface area contributed by atoms with Crippen molar-refractivity contribution in [1.82, 2.24) is 4.57 Å². The number of aromatic nitrogens is 1. The first-order valence-corrected chi connectivity index (χ1v) is 11.8. The minimum atomic E-state index is -0.384. The molecule has 0 radical (unpaired) electrons. The minimum absolute atomic E-state index is 0.290. The third-order valence-corrected chi connectivity index (χ3v) is 5.41. The van der Waals surface area contributed by atoms with Crippen molar-refractivity contribution in [1.29, 1.82) is 0 Å². The van der Waals surface area contributed by atoms with Gasteiger partial charge in [-0.3, -0.25) is 4.79 Å². The van der Waals surface area contributed by atoms with Crippen LogP contribution in [-0.4, -0.2) is 22.9 Å². The van der Waals surface area contributed by atoms with E-state index in [1.807, 2.05) is 18.2 Å². The van der Waals surface area contributed by atoms with E-state index < -0.39 is 0 Å². The first kappa shape index (κ1) is 24.1. The molecule has 0 saturated carbocycles. The molecule has 0 fully saturated rings. The van der Waals surface area contributed by atoms with Crippen LogP contribution in [0.15, 0.2) is 23.0 Å². The molecule has 0 saturated heterocycles. The van der Waals surface area contributed by atoms with E-state index in [4.69, 9.17) is 9.47 Å². The van der Waals surface area contributed by atoms with Gasteiger partial charge in [-0.15, -0.1) is 0 Å². The Morgan fingerprint density at radius 2 is 1.50 bits per heavy atom. The Morgan fingerprint density at radius 3 is 2.20 bits per heavy atom. The van der Waals surface area contributed by atoms with Crippen LogP contribution in [-0.2, 0) is 6.54 Å². The van der Waals surface area contributed by atoms with Crippen LogP contribution in [0.5, 0.6) is 17.2 Å². The van der Waals surface area contributed by atoms with E-state index >= 15 is 0 Å². The molecule has 0 aliphatic carbocycles. The molecule has 0 aliphatic rings. The second kappa shape index (κ2) is 13.2. The highest BCUT2D eigenvalue weighted by molar-refractivity contribution is 5.88. The fraction of sp³-hybridized carbons (Fsp3) is 0.640. The fourth-order valence-corrected chi connectivity index (χ4v) is 3.58. The maximum absolute atomic E-state index is 12.9. The van der Waals surface area contributed by atoms with Crippen molar-refractivity contribution in [2.45, 2.75) is 91.5 Å². The molecule has 1 aromatic heterocycles. The van der Waals surface area contributed by atoms with E-state index in [1.54, 1.807) is 4.57 Å². The summed E-state index contributed by atoms with van der Waals surface area (Å²) in [5.74, 6) is 0.760. The molecule has 30 heavy (non-hydrogen) atoms. The van der Waals surface area contributed by atoms with Gasteiger partial charge in [0, 0.05) is 18.0 Å². The number of aryl methyl sites for hydroxylation is 1.